The number of ether oxygens (including phenoxy) is 2. The standard InChI is InChI=1S/C23H30N2O3/c1-4-5-6-7-14-27-21-12-10-20(11-13-21)16-24-25-23(26)17-28-22-15-18(2)8-9-19(22)3/h8-13,15-16H,4-7,14,17H2,1-3H3,(H,25,26)/b24-16+. The molecule has 2 rings (SSSR count). The summed E-state index contributed by atoms with van der Waals surface area (Å²) in [6.45, 7) is 6.79. The van der Waals surface area contributed by atoms with Crippen LogP contribution in [0.3, 0.4) is 0 Å². The van der Waals surface area contributed by atoms with Crippen LogP contribution in [0, 0.1) is 13.8 Å². The van der Waals surface area contributed by atoms with Crippen LogP contribution in [-0.2, 0) is 4.79 Å². The Morgan fingerprint density at radius 3 is 2.57 bits per heavy atom. The van der Waals surface area contributed by atoms with Crippen molar-refractivity contribution >= 4 is 12.1 Å². The number of carbonyl (C=O) groups is 1. The van der Waals surface area contributed by atoms with E-state index in [1.165, 1.54) is 19.3 Å². The van der Waals surface area contributed by atoms with Crippen molar-refractivity contribution in [3.8, 4) is 11.5 Å². The first kappa shape index (κ1) is 21.5. The van der Waals surface area contributed by atoms with E-state index in [4.69, 9.17) is 9.47 Å². The van der Waals surface area contributed by atoms with Crippen molar-refractivity contribution in [2.24, 2.45) is 5.10 Å². The van der Waals surface area contributed by atoms with E-state index in [0.29, 0.717) is 5.75 Å². The Balaban J connectivity index is 1.71. The summed E-state index contributed by atoms with van der Waals surface area (Å²) in [7, 11) is 0. The Hall–Kier alpha value is -2.82. The molecule has 2 aromatic carbocycles. The molecule has 0 radical (unpaired) electrons. The van der Waals surface area contributed by atoms with E-state index in [1.807, 2.05) is 56.3 Å². The fraction of sp³-hybridized carbons (Fsp3) is 0.391. The predicted octanol–water partition coefficient (Wildman–Crippen LogP) is 4.79. The Morgan fingerprint density at radius 2 is 1.82 bits per heavy atom. The highest BCUT2D eigenvalue weighted by Crippen LogP contribution is 2.18. The number of unbranched alkanes of at least 4 members (excludes halogenated alkanes) is 3. The van der Waals surface area contributed by atoms with Gasteiger partial charge in [0.05, 0.1) is 12.8 Å². The molecule has 0 bridgehead atoms. The number of hydrazone groups is 1. The minimum absolute atomic E-state index is 0.0769. The van der Waals surface area contributed by atoms with Gasteiger partial charge in [0, 0.05) is 0 Å². The molecule has 0 aliphatic rings. The maximum Gasteiger partial charge on any atom is 0.277 e. The summed E-state index contributed by atoms with van der Waals surface area (Å²) in [5.41, 5.74) is 5.45. The Labute approximate surface area is 167 Å². The zero-order valence-electron chi connectivity index (χ0n) is 17.0. The third-order valence-corrected chi connectivity index (χ3v) is 4.25. The van der Waals surface area contributed by atoms with Crippen LogP contribution in [0.1, 0.15) is 49.3 Å². The van der Waals surface area contributed by atoms with Gasteiger partial charge in [-0.3, -0.25) is 4.79 Å². The van der Waals surface area contributed by atoms with Crippen LogP contribution in [0.15, 0.2) is 47.6 Å². The second kappa shape index (κ2) is 11.8. The second-order valence-corrected chi connectivity index (χ2v) is 6.83. The predicted molar refractivity (Wildman–Crippen MR) is 113 cm³/mol. The number of hydrogen-bond acceptors (Lipinski definition) is 4. The van der Waals surface area contributed by atoms with Gasteiger partial charge in [0.1, 0.15) is 11.5 Å². The molecular formula is C23H30N2O3. The third-order valence-electron chi connectivity index (χ3n) is 4.25. The van der Waals surface area contributed by atoms with Crippen molar-refractivity contribution in [3.05, 3.63) is 59.2 Å². The SMILES string of the molecule is CCCCCCOc1ccc(/C=N/NC(=O)COc2cc(C)ccc2C)cc1. The van der Waals surface area contributed by atoms with E-state index in [2.05, 4.69) is 17.5 Å². The van der Waals surface area contributed by atoms with Crippen LogP contribution in [-0.4, -0.2) is 25.3 Å². The lowest BCUT2D eigenvalue weighted by Crippen LogP contribution is -2.24. The van der Waals surface area contributed by atoms with Gasteiger partial charge < -0.3 is 9.47 Å². The van der Waals surface area contributed by atoms with Crippen molar-refractivity contribution < 1.29 is 14.3 Å². The molecule has 0 spiro atoms. The maximum atomic E-state index is 11.9. The summed E-state index contributed by atoms with van der Waals surface area (Å²) in [5, 5.41) is 3.97. The zero-order valence-corrected chi connectivity index (χ0v) is 17.0. The summed E-state index contributed by atoms with van der Waals surface area (Å²) in [6.07, 6.45) is 6.35. The average molecular weight is 383 g/mol. The minimum atomic E-state index is -0.302. The number of rotatable bonds is 11. The van der Waals surface area contributed by atoms with Crippen molar-refractivity contribution in [2.45, 2.75) is 46.5 Å². The molecular weight excluding hydrogens is 352 g/mol. The maximum absolute atomic E-state index is 11.9. The molecule has 0 aliphatic carbocycles. The van der Waals surface area contributed by atoms with Gasteiger partial charge in [-0.2, -0.15) is 5.10 Å². The Kier molecular flexibility index (Phi) is 9.05. The van der Waals surface area contributed by atoms with E-state index < -0.39 is 0 Å². The number of nitrogens with one attached hydrogen (secondary N) is 1. The van der Waals surface area contributed by atoms with Crippen molar-refractivity contribution in [3.63, 3.8) is 0 Å². The highest BCUT2D eigenvalue weighted by molar-refractivity contribution is 5.83. The number of aryl methyl sites for hydroxylation is 2. The number of carbonyl (C=O) groups excluding carboxylic acids is 1. The summed E-state index contributed by atoms with van der Waals surface area (Å²) in [6, 6.07) is 13.5. The van der Waals surface area contributed by atoms with Gasteiger partial charge in [0.25, 0.3) is 5.91 Å². The van der Waals surface area contributed by atoms with Crippen LogP contribution >= 0.6 is 0 Å². The summed E-state index contributed by atoms with van der Waals surface area (Å²) < 4.78 is 11.3. The van der Waals surface area contributed by atoms with Gasteiger partial charge >= 0.3 is 0 Å². The highest BCUT2D eigenvalue weighted by atomic mass is 16.5. The molecule has 1 amide bonds. The van der Waals surface area contributed by atoms with Crippen LogP contribution in [0.2, 0.25) is 0 Å². The monoisotopic (exact) mass is 382 g/mol. The summed E-state index contributed by atoms with van der Waals surface area (Å²) >= 11 is 0. The topological polar surface area (TPSA) is 59.9 Å². The van der Waals surface area contributed by atoms with E-state index in [1.54, 1.807) is 6.21 Å². The second-order valence-electron chi connectivity index (χ2n) is 6.83. The van der Waals surface area contributed by atoms with Crippen LogP contribution in [0.25, 0.3) is 0 Å². The van der Waals surface area contributed by atoms with Gasteiger partial charge in [0.2, 0.25) is 0 Å². The van der Waals surface area contributed by atoms with Crippen molar-refractivity contribution in [2.75, 3.05) is 13.2 Å². The lowest BCUT2D eigenvalue weighted by atomic mass is 10.1. The normalized spacial score (nSPS) is 10.8. The molecule has 0 atom stereocenters. The first-order chi connectivity index (χ1) is 13.6. The number of benzene rings is 2. The smallest absolute Gasteiger partial charge is 0.277 e. The van der Waals surface area contributed by atoms with Gasteiger partial charge in [-0.15, -0.1) is 0 Å². The molecule has 2 aromatic rings. The Morgan fingerprint density at radius 1 is 1.04 bits per heavy atom. The molecule has 150 valence electrons. The molecule has 1 N–H and O–H groups in total. The van der Waals surface area contributed by atoms with E-state index in [9.17, 15) is 4.79 Å². The van der Waals surface area contributed by atoms with E-state index >= 15 is 0 Å². The van der Waals surface area contributed by atoms with Gasteiger partial charge in [-0.05, 0) is 67.3 Å². The third kappa shape index (κ3) is 7.82. The number of nitrogens with zero attached hydrogens (tertiary/aromatic N) is 1. The van der Waals surface area contributed by atoms with Crippen LogP contribution < -0.4 is 14.9 Å². The molecule has 0 fully saturated rings. The lowest BCUT2D eigenvalue weighted by molar-refractivity contribution is -0.123. The van der Waals surface area contributed by atoms with Crippen molar-refractivity contribution in [1.82, 2.24) is 5.43 Å². The first-order valence-corrected chi connectivity index (χ1v) is 9.83. The molecule has 0 aromatic heterocycles. The number of hydrogen-bond donors (Lipinski definition) is 1. The van der Waals surface area contributed by atoms with Crippen LogP contribution in [0.5, 0.6) is 11.5 Å². The first-order valence-electron chi connectivity index (χ1n) is 9.83. The summed E-state index contributed by atoms with van der Waals surface area (Å²) in [4.78, 5) is 11.9. The van der Waals surface area contributed by atoms with Gasteiger partial charge in [0.15, 0.2) is 6.61 Å². The lowest BCUT2D eigenvalue weighted by Gasteiger charge is -2.08. The fourth-order valence-corrected chi connectivity index (χ4v) is 2.59. The van der Waals surface area contributed by atoms with Crippen LogP contribution in [0.4, 0.5) is 0 Å². The quantitative estimate of drug-likeness (QED) is 0.345. The molecule has 0 saturated carbocycles. The van der Waals surface area contributed by atoms with E-state index in [0.717, 1.165) is 35.5 Å². The fourth-order valence-electron chi connectivity index (χ4n) is 2.59. The van der Waals surface area contributed by atoms with Crippen molar-refractivity contribution in [1.29, 1.82) is 0 Å². The molecule has 28 heavy (non-hydrogen) atoms. The summed E-state index contributed by atoms with van der Waals surface area (Å²) in [5.74, 6) is 1.26. The largest absolute Gasteiger partial charge is 0.494 e. The molecule has 0 aliphatic heterocycles. The Bertz CT molecular complexity index is 770. The van der Waals surface area contributed by atoms with Gasteiger partial charge in [-0.1, -0.05) is 38.3 Å². The highest BCUT2D eigenvalue weighted by Gasteiger charge is 2.04. The zero-order chi connectivity index (χ0) is 20.2. The molecule has 0 unspecified atom stereocenters. The minimum Gasteiger partial charge on any atom is -0.494 e. The van der Waals surface area contributed by atoms with Gasteiger partial charge in [-0.25, -0.2) is 5.43 Å². The molecule has 5 nitrogen and oxygen atoms in total. The number of amides is 1. The molecule has 0 saturated heterocycles. The van der Waals surface area contributed by atoms with E-state index in [-0.39, 0.29) is 12.5 Å². The molecule has 0 heterocycles. The molecule has 5 heteroatoms. The average Bonchev–Trinajstić information content (AvgIpc) is 2.69.